The van der Waals surface area contributed by atoms with Crippen molar-refractivity contribution in [1.29, 1.82) is 0 Å². The standard InChI is InChI=1S/C25H25F2NO2S/c1-17-4-13-23(14-5-17)31(29,30)28-22(11-8-19-6-3-18(2)15-24(19)27)12-9-20-7-10-21(26)16-25(20)28/h3-7,10,13-16,22H,8-9,11-12H2,1-2H3. The number of nitrogens with zero attached hydrogens (tertiary/aromatic N) is 1. The van der Waals surface area contributed by atoms with Gasteiger partial charge in [0.1, 0.15) is 11.6 Å². The molecule has 1 unspecified atom stereocenters. The van der Waals surface area contributed by atoms with Crippen molar-refractivity contribution in [3.05, 3.63) is 94.6 Å². The van der Waals surface area contributed by atoms with E-state index in [1.54, 1.807) is 36.4 Å². The molecule has 0 spiro atoms. The van der Waals surface area contributed by atoms with Gasteiger partial charge in [0.05, 0.1) is 10.6 Å². The lowest BCUT2D eigenvalue weighted by Crippen LogP contribution is -2.44. The van der Waals surface area contributed by atoms with Gasteiger partial charge in [0.2, 0.25) is 0 Å². The van der Waals surface area contributed by atoms with E-state index in [-0.39, 0.29) is 16.8 Å². The van der Waals surface area contributed by atoms with Crippen LogP contribution in [0.1, 0.15) is 35.1 Å². The molecule has 1 atom stereocenters. The maximum atomic E-state index is 14.3. The zero-order chi connectivity index (χ0) is 22.2. The van der Waals surface area contributed by atoms with Crippen molar-refractivity contribution < 1.29 is 17.2 Å². The molecule has 4 rings (SSSR count). The number of rotatable bonds is 5. The molecule has 31 heavy (non-hydrogen) atoms. The monoisotopic (exact) mass is 441 g/mol. The van der Waals surface area contributed by atoms with Gasteiger partial charge >= 0.3 is 0 Å². The van der Waals surface area contributed by atoms with Gasteiger partial charge in [-0.15, -0.1) is 0 Å². The summed E-state index contributed by atoms with van der Waals surface area (Å²) in [6, 6.07) is 15.7. The highest BCUT2D eigenvalue weighted by Crippen LogP contribution is 2.37. The molecule has 3 aromatic rings. The first kappa shape index (κ1) is 21.5. The van der Waals surface area contributed by atoms with Gasteiger partial charge in [-0.3, -0.25) is 4.31 Å². The maximum Gasteiger partial charge on any atom is 0.264 e. The predicted molar refractivity (Wildman–Crippen MR) is 119 cm³/mol. The Labute approximate surface area is 182 Å². The molecular formula is C25H25F2NO2S. The fraction of sp³-hybridized carbons (Fsp3) is 0.280. The first-order chi connectivity index (χ1) is 14.8. The van der Waals surface area contributed by atoms with E-state index in [0.29, 0.717) is 36.9 Å². The van der Waals surface area contributed by atoms with E-state index in [1.807, 2.05) is 19.9 Å². The second kappa shape index (κ2) is 8.42. The molecule has 0 N–H and O–H groups in total. The molecule has 1 heterocycles. The van der Waals surface area contributed by atoms with Gasteiger partial charge in [-0.05, 0) is 86.6 Å². The van der Waals surface area contributed by atoms with Crippen molar-refractivity contribution in [2.24, 2.45) is 0 Å². The van der Waals surface area contributed by atoms with E-state index in [0.717, 1.165) is 16.7 Å². The van der Waals surface area contributed by atoms with Crippen molar-refractivity contribution in [3.63, 3.8) is 0 Å². The molecule has 1 aliphatic heterocycles. The number of benzene rings is 3. The van der Waals surface area contributed by atoms with E-state index in [9.17, 15) is 17.2 Å². The number of halogens is 2. The Morgan fingerprint density at radius 1 is 0.935 bits per heavy atom. The third-order valence-electron chi connectivity index (χ3n) is 5.90. The van der Waals surface area contributed by atoms with Gasteiger partial charge in [-0.2, -0.15) is 0 Å². The summed E-state index contributed by atoms with van der Waals surface area (Å²) in [5.74, 6) is -0.761. The van der Waals surface area contributed by atoms with Crippen LogP contribution in [0.3, 0.4) is 0 Å². The third-order valence-corrected chi connectivity index (χ3v) is 7.78. The summed E-state index contributed by atoms with van der Waals surface area (Å²) in [6.45, 7) is 3.72. The number of aryl methyl sites for hydroxylation is 4. The smallest absolute Gasteiger partial charge is 0.263 e. The molecule has 1 aliphatic rings. The summed E-state index contributed by atoms with van der Waals surface area (Å²) in [5, 5.41) is 0. The van der Waals surface area contributed by atoms with Crippen LogP contribution in [0.2, 0.25) is 0 Å². The minimum Gasteiger partial charge on any atom is -0.263 e. The van der Waals surface area contributed by atoms with Crippen molar-refractivity contribution in [2.45, 2.75) is 50.5 Å². The second-order valence-corrected chi connectivity index (χ2v) is 10.0. The fourth-order valence-corrected chi connectivity index (χ4v) is 5.92. The highest BCUT2D eigenvalue weighted by molar-refractivity contribution is 7.92. The molecule has 0 radical (unpaired) electrons. The average molecular weight is 442 g/mol. The molecular weight excluding hydrogens is 416 g/mol. The molecule has 6 heteroatoms. The van der Waals surface area contributed by atoms with E-state index in [2.05, 4.69) is 0 Å². The van der Waals surface area contributed by atoms with Crippen molar-refractivity contribution >= 4 is 15.7 Å². The van der Waals surface area contributed by atoms with Gasteiger partial charge in [0.15, 0.2) is 0 Å². The predicted octanol–water partition coefficient (Wildman–Crippen LogP) is 5.72. The Bertz CT molecular complexity index is 1210. The number of anilines is 1. The highest BCUT2D eigenvalue weighted by Gasteiger charge is 2.36. The molecule has 3 aromatic carbocycles. The SMILES string of the molecule is Cc1ccc(S(=O)(=O)N2c3cc(F)ccc3CCC2CCc2ccc(C)cc2F)cc1. The summed E-state index contributed by atoms with van der Waals surface area (Å²) in [6.07, 6.45) is 2.09. The maximum absolute atomic E-state index is 14.3. The summed E-state index contributed by atoms with van der Waals surface area (Å²) in [4.78, 5) is 0.168. The topological polar surface area (TPSA) is 37.4 Å². The zero-order valence-electron chi connectivity index (χ0n) is 17.6. The van der Waals surface area contributed by atoms with Crippen LogP contribution in [-0.4, -0.2) is 14.5 Å². The lowest BCUT2D eigenvalue weighted by atomic mass is 9.93. The lowest BCUT2D eigenvalue weighted by molar-refractivity contribution is 0.515. The van der Waals surface area contributed by atoms with Crippen LogP contribution >= 0.6 is 0 Å². The minimum atomic E-state index is -3.91. The Hall–Kier alpha value is -2.73. The largest absolute Gasteiger partial charge is 0.264 e. The minimum absolute atomic E-state index is 0.168. The van der Waals surface area contributed by atoms with Crippen molar-refractivity contribution in [2.75, 3.05) is 4.31 Å². The molecule has 3 nitrogen and oxygen atoms in total. The summed E-state index contributed by atoms with van der Waals surface area (Å²) in [5.41, 5.74) is 3.53. The molecule has 0 fully saturated rings. The molecule has 0 saturated carbocycles. The molecule has 0 bridgehead atoms. The Balaban J connectivity index is 1.72. The zero-order valence-corrected chi connectivity index (χ0v) is 18.4. The van der Waals surface area contributed by atoms with Gasteiger partial charge in [0.25, 0.3) is 10.0 Å². The van der Waals surface area contributed by atoms with Gasteiger partial charge < -0.3 is 0 Å². The fourth-order valence-electron chi connectivity index (χ4n) is 4.18. The van der Waals surface area contributed by atoms with E-state index in [4.69, 9.17) is 0 Å². The Morgan fingerprint density at radius 3 is 2.35 bits per heavy atom. The Kier molecular flexibility index (Phi) is 5.84. The Morgan fingerprint density at radius 2 is 1.65 bits per heavy atom. The summed E-state index contributed by atoms with van der Waals surface area (Å²) < 4.78 is 57.1. The van der Waals surface area contributed by atoms with Gasteiger partial charge in [-0.25, -0.2) is 17.2 Å². The van der Waals surface area contributed by atoms with Gasteiger partial charge in [0, 0.05) is 6.04 Å². The van der Waals surface area contributed by atoms with Crippen LogP contribution in [0.5, 0.6) is 0 Å². The highest BCUT2D eigenvalue weighted by atomic mass is 32.2. The molecule has 0 saturated heterocycles. The number of fused-ring (bicyclic) bond motifs is 1. The second-order valence-electron chi connectivity index (χ2n) is 8.21. The molecule has 0 aromatic heterocycles. The molecule has 0 aliphatic carbocycles. The first-order valence-electron chi connectivity index (χ1n) is 10.4. The normalized spacial score (nSPS) is 16.3. The first-order valence-corrected chi connectivity index (χ1v) is 11.8. The van der Waals surface area contributed by atoms with E-state index in [1.165, 1.54) is 22.5 Å². The van der Waals surface area contributed by atoms with Crippen LogP contribution in [0.4, 0.5) is 14.5 Å². The van der Waals surface area contributed by atoms with Crippen LogP contribution in [0.15, 0.2) is 65.6 Å². The summed E-state index contributed by atoms with van der Waals surface area (Å²) in [7, 11) is -3.91. The van der Waals surface area contributed by atoms with Crippen LogP contribution in [0.25, 0.3) is 0 Å². The van der Waals surface area contributed by atoms with Crippen LogP contribution < -0.4 is 4.31 Å². The number of hydrogen-bond acceptors (Lipinski definition) is 2. The summed E-state index contributed by atoms with van der Waals surface area (Å²) >= 11 is 0. The van der Waals surface area contributed by atoms with Crippen molar-refractivity contribution in [1.82, 2.24) is 0 Å². The van der Waals surface area contributed by atoms with Crippen LogP contribution in [0, 0.1) is 25.5 Å². The quantitative estimate of drug-likeness (QED) is 0.507. The van der Waals surface area contributed by atoms with Gasteiger partial charge in [-0.1, -0.05) is 35.9 Å². The number of sulfonamides is 1. The van der Waals surface area contributed by atoms with E-state index >= 15 is 0 Å². The molecule has 0 amide bonds. The van der Waals surface area contributed by atoms with Crippen molar-refractivity contribution in [3.8, 4) is 0 Å². The third kappa shape index (κ3) is 4.35. The van der Waals surface area contributed by atoms with E-state index < -0.39 is 15.8 Å². The molecule has 162 valence electrons. The average Bonchev–Trinajstić information content (AvgIpc) is 2.72. The van der Waals surface area contributed by atoms with Crippen LogP contribution in [-0.2, 0) is 22.9 Å². The lowest BCUT2D eigenvalue weighted by Gasteiger charge is -2.38. The number of hydrogen-bond donors (Lipinski definition) is 0.